The Labute approximate surface area is 176 Å². The zero-order valence-electron chi connectivity index (χ0n) is 14.6. The van der Waals surface area contributed by atoms with Crippen LogP contribution in [0.25, 0.3) is 0 Å². The quantitative estimate of drug-likeness (QED) is 0.399. The van der Waals surface area contributed by atoms with E-state index in [-0.39, 0.29) is 10.1 Å². The Balaban J connectivity index is 1.96. The van der Waals surface area contributed by atoms with E-state index in [0.29, 0.717) is 5.69 Å². The van der Waals surface area contributed by atoms with E-state index in [1.54, 1.807) is 25.1 Å². The smallest absolute Gasteiger partial charge is 0.240 e. The van der Waals surface area contributed by atoms with Crippen molar-refractivity contribution in [1.82, 2.24) is 0 Å². The molecule has 0 aromatic heterocycles. The zero-order chi connectivity index (χ0) is 19.9. The maximum Gasteiger partial charge on any atom is 0.240 e. The van der Waals surface area contributed by atoms with Crippen LogP contribution in [0.3, 0.4) is 0 Å². The molecule has 1 aromatic carbocycles. The molecule has 27 heavy (non-hydrogen) atoms. The highest BCUT2D eigenvalue weighted by Gasteiger charge is 2.89. The largest absolute Gasteiger partial charge is 0.350 e. The minimum atomic E-state index is -1.77. The molecule has 1 heterocycles. The molecule has 2 bridgehead atoms. The van der Waals surface area contributed by atoms with Gasteiger partial charge in [0.15, 0.2) is 0 Å². The molecule has 2 fully saturated rings. The summed E-state index contributed by atoms with van der Waals surface area (Å²) in [4.78, 5) is 24.4. The first kappa shape index (κ1) is 19.5. The van der Waals surface area contributed by atoms with Gasteiger partial charge in [-0.1, -0.05) is 41.4 Å². The number of fused-ring (bicyclic) bond motifs is 5. The van der Waals surface area contributed by atoms with Crippen LogP contribution < -0.4 is 4.90 Å². The maximum absolute atomic E-state index is 13.4. The van der Waals surface area contributed by atoms with Crippen molar-refractivity contribution in [3.8, 4) is 0 Å². The van der Waals surface area contributed by atoms with Gasteiger partial charge >= 0.3 is 0 Å². The molecule has 3 aliphatic rings. The Bertz CT molecular complexity index is 868. The number of methoxy groups -OCH3 is 2. The molecule has 1 aromatic rings. The normalized spacial score (nSPS) is 36.8. The molecule has 4 rings (SSSR count). The van der Waals surface area contributed by atoms with Gasteiger partial charge in [-0.05, 0) is 18.6 Å². The zero-order valence-corrected chi connectivity index (χ0v) is 17.6. The number of hydrogen-bond acceptors (Lipinski definition) is 4. The predicted molar refractivity (Wildman–Crippen MR) is 103 cm³/mol. The van der Waals surface area contributed by atoms with Crippen molar-refractivity contribution in [2.24, 2.45) is 11.8 Å². The van der Waals surface area contributed by atoms with E-state index in [0.717, 1.165) is 10.5 Å². The Morgan fingerprint density at radius 3 is 1.78 bits per heavy atom. The Hall–Kier alpha value is -0.820. The summed E-state index contributed by atoms with van der Waals surface area (Å²) in [7, 11) is 2.65. The highest BCUT2D eigenvalue weighted by Crippen LogP contribution is 2.75. The fourth-order valence-corrected chi connectivity index (χ4v) is 6.92. The second-order valence-electron chi connectivity index (χ2n) is 6.83. The summed E-state index contributed by atoms with van der Waals surface area (Å²) >= 11 is 26.7. The van der Waals surface area contributed by atoms with E-state index in [9.17, 15) is 9.59 Å². The SMILES string of the molecule is COC1(OC)[C@@]2(Cl)C(Cl)=C(Cl)[C@@]1(Cl)[C@@H]1C(=O)N(c3ccccc3C)C(=O)[C@H]12. The van der Waals surface area contributed by atoms with Crippen LogP contribution in [0.4, 0.5) is 5.69 Å². The van der Waals surface area contributed by atoms with Crippen molar-refractivity contribution in [1.29, 1.82) is 0 Å². The third-order valence-electron chi connectivity index (χ3n) is 5.88. The first-order chi connectivity index (χ1) is 12.6. The van der Waals surface area contributed by atoms with Crippen LogP contribution in [0.1, 0.15) is 5.56 Å². The first-order valence-corrected chi connectivity index (χ1v) is 9.64. The van der Waals surface area contributed by atoms with Gasteiger partial charge in [0.2, 0.25) is 17.6 Å². The van der Waals surface area contributed by atoms with Crippen LogP contribution in [-0.4, -0.2) is 41.6 Å². The lowest BCUT2D eigenvalue weighted by molar-refractivity contribution is -0.221. The highest BCUT2D eigenvalue weighted by molar-refractivity contribution is 6.54. The molecule has 0 N–H and O–H groups in total. The Morgan fingerprint density at radius 2 is 1.37 bits per heavy atom. The van der Waals surface area contributed by atoms with Gasteiger partial charge in [-0.2, -0.15) is 0 Å². The van der Waals surface area contributed by atoms with Crippen molar-refractivity contribution in [2.75, 3.05) is 19.1 Å². The van der Waals surface area contributed by atoms with Gasteiger partial charge in [-0.3, -0.25) is 9.59 Å². The number of ether oxygens (including phenoxy) is 2. The summed E-state index contributed by atoms with van der Waals surface area (Å²) in [5.41, 5.74) is 1.23. The summed E-state index contributed by atoms with van der Waals surface area (Å²) in [6.45, 7) is 1.80. The molecule has 1 saturated carbocycles. The third kappa shape index (κ3) is 1.82. The molecule has 0 unspecified atom stereocenters. The van der Waals surface area contributed by atoms with Crippen LogP contribution in [0, 0.1) is 18.8 Å². The minimum absolute atomic E-state index is 0.0430. The monoisotopic (exact) mass is 449 g/mol. The number of aryl methyl sites for hydroxylation is 1. The number of hydrogen-bond donors (Lipinski definition) is 0. The lowest BCUT2D eigenvalue weighted by Crippen LogP contribution is -2.60. The molecular weight excluding hydrogens is 436 g/mol. The van der Waals surface area contributed by atoms with Crippen LogP contribution in [-0.2, 0) is 19.1 Å². The van der Waals surface area contributed by atoms with Gasteiger partial charge < -0.3 is 9.47 Å². The molecule has 5 nitrogen and oxygen atoms in total. The lowest BCUT2D eigenvalue weighted by Gasteiger charge is -2.42. The summed E-state index contributed by atoms with van der Waals surface area (Å²) in [5, 5.41) is -0.0860. The van der Waals surface area contributed by atoms with Crippen molar-refractivity contribution < 1.29 is 19.1 Å². The van der Waals surface area contributed by atoms with Crippen molar-refractivity contribution in [3.05, 3.63) is 39.9 Å². The van der Waals surface area contributed by atoms with Crippen LogP contribution in [0.15, 0.2) is 34.3 Å². The number of carbonyl (C=O) groups excluding carboxylic acids is 2. The molecule has 9 heteroatoms. The number of rotatable bonds is 3. The van der Waals surface area contributed by atoms with Gasteiger partial charge in [-0.25, -0.2) is 4.90 Å². The lowest BCUT2D eigenvalue weighted by atomic mass is 9.84. The van der Waals surface area contributed by atoms with Crippen molar-refractivity contribution >= 4 is 63.9 Å². The van der Waals surface area contributed by atoms with Gasteiger partial charge in [0.1, 0.15) is 9.75 Å². The Morgan fingerprint density at radius 1 is 0.926 bits per heavy atom. The molecule has 4 atom stereocenters. The molecule has 2 amide bonds. The van der Waals surface area contributed by atoms with E-state index in [1.165, 1.54) is 14.2 Å². The molecule has 144 valence electrons. The third-order valence-corrected chi connectivity index (χ3v) is 8.49. The first-order valence-electron chi connectivity index (χ1n) is 8.13. The highest BCUT2D eigenvalue weighted by atomic mass is 35.5. The van der Waals surface area contributed by atoms with Crippen LogP contribution >= 0.6 is 46.4 Å². The minimum Gasteiger partial charge on any atom is -0.350 e. The molecule has 0 spiro atoms. The van der Waals surface area contributed by atoms with Gasteiger partial charge in [-0.15, -0.1) is 23.2 Å². The summed E-state index contributed by atoms with van der Waals surface area (Å²) in [5.74, 6) is -4.97. The molecule has 0 radical (unpaired) electrons. The fraction of sp³-hybridized carbons (Fsp3) is 0.444. The topological polar surface area (TPSA) is 55.8 Å². The van der Waals surface area contributed by atoms with E-state index < -0.39 is 39.2 Å². The number of halogens is 4. The van der Waals surface area contributed by atoms with Gasteiger partial charge in [0, 0.05) is 14.2 Å². The van der Waals surface area contributed by atoms with E-state index in [1.807, 2.05) is 6.07 Å². The molecule has 1 aliphatic heterocycles. The second kappa shape index (κ2) is 5.85. The van der Waals surface area contributed by atoms with E-state index >= 15 is 0 Å². The number of alkyl halides is 2. The number of amides is 2. The fourth-order valence-electron chi connectivity index (χ4n) is 4.76. The number of carbonyl (C=O) groups is 2. The van der Waals surface area contributed by atoms with Crippen molar-refractivity contribution in [2.45, 2.75) is 22.5 Å². The number of imide groups is 1. The summed E-state index contributed by atoms with van der Waals surface area (Å²) < 4.78 is 11.1. The van der Waals surface area contributed by atoms with E-state index in [4.69, 9.17) is 55.9 Å². The number of para-hydroxylation sites is 1. The van der Waals surface area contributed by atoms with Crippen molar-refractivity contribution in [3.63, 3.8) is 0 Å². The number of nitrogens with zero attached hydrogens (tertiary/aromatic N) is 1. The molecular formula is C18H15Cl4NO4. The average molecular weight is 451 g/mol. The standard InChI is InChI=1S/C18H15Cl4NO4/c1-8-6-4-5-7-9(8)23-14(24)10-11(15(23)25)17(22)13(20)12(19)16(10,21)18(17,26-2)27-3/h4-7,10-11H,1-3H3/t10-,11-,16-,17-/m0/s1. The van der Waals surface area contributed by atoms with Gasteiger partial charge in [0.05, 0.1) is 27.6 Å². The summed E-state index contributed by atoms with van der Waals surface area (Å²) in [6, 6.07) is 7.05. The van der Waals surface area contributed by atoms with Crippen LogP contribution in [0.5, 0.6) is 0 Å². The van der Waals surface area contributed by atoms with E-state index in [2.05, 4.69) is 0 Å². The average Bonchev–Trinajstić information content (AvgIpc) is 3.06. The second-order valence-corrected chi connectivity index (χ2v) is 8.78. The van der Waals surface area contributed by atoms with Crippen LogP contribution in [0.2, 0.25) is 0 Å². The number of anilines is 1. The maximum atomic E-state index is 13.4. The number of benzene rings is 1. The summed E-state index contributed by atoms with van der Waals surface area (Å²) in [6.07, 6.45) is 0. The van der Waals surface area contributed by atoms with Gasteiger partial charge in [0.25, 0.3) is 0 Å². The Kier molecular flexibility index (Phi) is 4.22. The predicted octanol–water partition coefficient (Wildman–Crippen LogP) is 3.76. The molecule has 1 saturated heterocycles. The molecule has 2 aliphatic carbocycles.